The van der Waals surface area contributed by atoms with Crippen LogP contribution >= 0.6 is 15.9 Å². The molecule has 6 heteroatoms. The van der Waals surface area contributed by atoms with Crippen molar-refractivity contribution in [1.29, 1.82) is 5.26 Å². The van der Waals surface area contributed by atoms with E-state index in [1.165, 1.54) is 25.7 Å². The van der Waals surface area contributed by atoms with E-state index in [0.29, 0.717) is 35.1 Å². The SMILES string of the molecule is Cc1nc(Oc2cc(C#N)ccc2Br)cc(N2C3CCC2CC3)n1. The molecule has 0 spiro atoms. The number of ether oxygens (including phenoxy) is 1. The normalized spacial score (nSPS) is 21.8. The third-order valence-electron chi connectivity index (χ3n) is 4.79. The molecule has 2 bridgehead atoms. The van der Waals surface area contributed by atoms with Gasteiger partial charge in [0.15, 0.2) is 0 Å². The van der Waals surface area contributed by atoms with E-state index in [4.69, 9.17) is 10.00 Å². The first-order valence-corrected chi connectivity index (χ1v) is 8.95. The number of aromatic nitrogens is 2. The summed E-state index contributed by atoms with van der Waals surface area (Å²) in [5.74, 6) is 2.75. The van der Waals surface area contributed by atoms with Gasteiger partial charge in [-0.05, 0) is 66.7 Å². The summed E-state index contributed by atoms with van der Waals surface area (Å²) in [5.41, 5.74) is 0.553. The zero-order valence-corrected chi connectivity index (χ0v) is 15.0. The molecule has 0 N–H and O–H groups in total. The number of anilines is 1. The Bertz CT molecular complexity index is 812. The molecule has 2 saturated heterocycles. The maximum absolute atomic E-state index is 9.06. The summed E-state index contributed by atoms with van der Waals surface area (Å²) in [4.78, 5) is 11.5. The van der Waals surface area contributed by atoms with Crippen LogP contribution in [0.4, 0.5) is 5.82 Å². The van der Waals surface area contributed by atoms with Gasteiger partial charge in [-0.1, -0.05) is 0 Å². The maximum atomic E-state index is 9.06. The largest absolute Gasteiger partial charge is 0.438 e. The van der Waals surface area contributed by atoms with Crippen molar-refractivity contribution in [2.24, 2.45) is 0 Å². The summed E-state index contributed by atoms with van der Waals surface area (Å²) < 4.78 is 6.74. The van der Waals surface area contributed by atoms with Gasteiger partial charge in [-0.25, -0.2) is 4.98 Å². The Hall–Kier alpha value is -2.13. The Morgan fingerprint density at radius 3 is 2.54 bits per heavy atom. The van der Waals surface area contributed by atoms with E-state index in [1.54, 1.807) is 12.1 Å². The summed E-state index contributed by atoms with van der Waals surface area (Å²) in [6.45, 7) is 1.88. The predicted octanol–water partition coefficient (Wildman–Crippen LogP) is 4.34. The number of hydrogen-bond donors (Lipinski definition) is 0. The minimum Gasteiger partial charge on any atom is -0.438 e. The van der Waals surface area contributed by atoms with Gasteiger partial charge in [-0.2, -0.15) is 10.2 Å². The summed E-state index contributed by atoms with van der Waals surface area (Å²) in [7, 11) is 0. The van der Waals surface area contributed by atoms with Gasteiger partial charge in [-0.15, -0.1) is 0 Å². The molecule has 0 atom stereocenters. The third kappa shape index (κ3) is 2.73. The summed E-state index contributed by atoms with van der Waals surface area (Å²) in [5, 5.41) is 9.06. The van der Waals surface area contributed by atoms with Gasteiger partial charge in [0.2, 0.25) is 5.88 Å². The van der Waals surface area contributed by atoms with Crippen LogP contribution in [0.3, 0.4) is 0 Å². The van der Waals surface area contributed by atoms with Crippen LogP contribution in [0, 0.1) is 18.3 Å². The Kier molecular flexibility index (Phi) is 3.89. The topological polar surface area (TPSA) is 62.0 Å². The highest BCUT2D eigenvalue weighted by molar-refractivity contribution is 9.10. The molecule has 2 aromatic rings. The van der Waals surface area contributed by atoms with Crippen molar-refractivity contribution >= 4 is 21.7 Å². The molecule has 0 radical (unpaired) electrons. The van der Waals surface area contributed by atoms with Crippen molar-refractivity contribution in [1.82, 2.24) is 9.97 Å². The van der Waals surface area contributed by atoms with Crippen LogP contribution in [-0.2, 0) is 0 Å². The van der Waals surface area contributed by atoms with Gasteiger partial charge < -0.3 is 9.64 Å². The number of nitrogens with zero attached hydrogens (tertiary/aromatic N) is 4. The van der Waals surface area contributed by atoms with Gasteiger partial charge in [0, 0.05) is 18.2 Å². The third-order valence-corrected chi connectivity index (χ3v) is 5.45. The first-order chi connectivity index (χ1) is 11.6. The van der Waals surface area contributed by atoms with Crippen molar-refractivity contribution < 1.29 is 4.74 Å². The van der Waals surface area contributed by atoms with E-state index >= 15 is 0 Å². The fourth-order valence-corrected chi connectivity index (χ4v) is 4.09. The molecule has 0 unspecified atom stereocenters. The summed E-state index contributed by atoms with van der Waals surface area (Å²) in [6.07, 6.45) is 5.00. The fourth-order valence-electron chi connectivity index (χ4n) is 3.76. The lowest BCUT2D eigenvalue weighted by Gasteiger charge is -2.23. The maximum Gasteiger partial charge on any atom is 0.224 e. The smallest absolute Gasteiger partial charge is 0.224 e. The number of halogens is 1. The minimum atomic E-state index is 0.514. The minimum absolute atomic E-state index is 0.514. The number of fused-ring (bicyclic) bond motifs is 2. The van der Waals surface area contributed by atoms with Gasteiger partial charge in [0.1, 0.15) is 17.4 Å². The Balaban J connectivity index is 1.66. The van der Waals surface area contributed by atoms with E-state index in [0.717, 1.165) is 10.3 Å². The Labute approximate surface area is 149 Å². The van der Waals surface area contributed by atoms with Gasteiger partial charge in [0.25, 0.3) is 0 Å². The van der Waals surface area contributed by atoms with Gasteiger partial charge in [-0.3, -0.25) is 0 Å². The van der Waals surface area contributed by atoms with Gasteiger partial charge >= 0.3 is 0 Å². The van der Waals surface area contributed by atoms with Crippen LogP contribution < -0.4 is 9.64 Å². The molecule has 3 heterocycles. The quantitative estimate of drug-likeness (QED) is 0.787. The Morgan fingerprint density at radius 1 is 1.17 bits per heavy atom. The van der Waals surface area contributed by atoms with E-state index in [9.17, 15) is 0 Å². The second kappa shape index (κ2) is 6.06. The highest BCUT2D eigenvalue weighted by Gasteiger charge is 2.40. The van der Waals surface area contributed by atoms with E-state index < -0.39 is 0 Å². The molecule has 2 aliphatic rings. The zero-order valence-electron chi connectivity index (χ0n) is 13.4. The lowest BCUT2D eigenvalue weighted by molar-refractivity contribution is 0.456. The average Bonchev–Trinajstić information content (AvgIpc) is 3.16. The average molecular weight is 385 g/mol. The standard InChI is InChI=1S/C18H17BrN4O/c1-11-21-17(23-13-3-4-14(23)6-5-13)9-18(22-11)24-16-8-12(10-20)2-7-15(16)19/h2,7-9,13-14H,3-6H2,1H3. The van der Waals surface area contributed by atoms with Crippen LogP contribution in [-0.4, -0.2) is 22.1 Å². The molecule has 1 aromatic heterocycles. The molecule has 122 valence electrons. The molecule has 2 fully saturated rings. The van der Waals surface area contributed by atoms with Crippen LogP contribution in [0.25, 0.3) is 0 Å². The number of benzene rings is 1. The number of rotatable bonds is 3. The second-order valence-corrected chi connectivity index (χ2v) is 7.19. The second-order valence-electron chi connectivity index (χ2n) is 6.34. The molecular formula is C18H17BrN4O. The molecule has 1 aromatic carbocycles. The summed E-state index contributed by atoms with van der Waals surface area (Å²) >= 11 is 3.46. The molecular weight excluding hydrogens is 368 g/mol. The molecule has 2 aliphatic heterocycles. The zero-order chi connectivity index (χ0) is 16.7. The highest BCUT2D eigenvalue weighted by Crippen LogP contribution is 2.41. The molecule has 4 rings (SSSR count). The highest BCUT2D eigenvalue weighted by atomic mass is 79.9. The number of nitriles is 1. The Morgan fingerprint density at radius 2 is 1.88 bits per heavy atom. The number of aryl methyl sites for hydroxylation is 1. The molecule has 24 heavy (non-hydrogen) atoms. The van der Waals surface area contributed by atoms with E-state index in [1.807, 2.05) is 19.1 Å². The van der Waals surface area contributed by atoms with Crippen molar-refractivity contribution in [3.63, 3.8) is 0 Å². The lowest BCUT2D eigenvalue weighted by atomic mass is 10.0. The van der Waals surface area contributed by atoms with Crippen LogP contribution in [0.1, 0.15) is 37.1 Å². The number of hydrogen-bond acceptors (Lipinski definition) is 5. The van der Waals surface area contributed by atoms with Crippen molar-refractivity contribution in [2.75, 3.05) is 4.90 Å². The van der Waals surface area contributed by atoms with E-state index in [2.05, 4.69) is 36.9 Å². The monoisotopic (exact) mass is 384 g/mol. The molecule has 0 saturated carbocycles. The van der Waals surface area contributed by atoms with Crippen LogP contribution in [0.15, 0.2) is 28.7 Å². The summed E-state index contributed by atoms with van der Waals surface area (Å²) in [6, 6.07) is 10.5. The first kappa shape index (κ1) is 15.4. The lowest BCUT2D eigenvalue weighted by Crippen LogP contribution is -2.29. The van der Waals surface area contributed by atoms with Gasteiger partial charge in [0.05, 0.1) is 16.1 Å². The first-order valence-electron chi connectivity index (χ1n) is 8.15. The molecule has 0 amide bonds. The molecule has 0 aliphatic carbocycles. The van der Waals surface area contributed by atoms with Crippen LogP contribution in [0.2, 0.25) is 0 Å². The van der Waals surface area contributed by atoms with Crippen molar-refractivity contribution in [3.8, 4) is 17.7 Å². The van der Waals surface area contributed by atoms with Crippen LogP contribution in [0.5, 0.6) is 11.6 Å². The van der Waals surface area contributed by atoms with Crippen molar-refractivity contribution in [3.05, 3.63) is 40.1 Å². The van der Waals surface area contributed by atoms with E-state index in [-0.39, 0.29) is 0 Å². The molecule has 5 nitrogen and oxygen atoms in total. The fraction of sp³-hybridized carbons (Fsp3) is 0.389. The van der Waals surface area contributed by atoms with Crippen molar-refractivity contribution in [2.45, 2.75) is 44.7 Å². The predicted molar refractivity (Wildman–Crippen MR) is 94.2 cm³/mol.